The molecule has 0 radical (unpaired) electrons. The predicted molar refractivity (Wildman–Crippen MR) is 90.2 cm³/mol. The van der Waals surface area contributed by atoms with Gasteiger partial charge in [-0.3, -0.25) is 0 Å². The SMILES string of the molecule is CC(C)NCc1cc(S(=O)(=O)N(C)C(C)C(C)(C)C)cs1. The minimum atomic E-state index is -3.42. The molecule has 122 valence electrons. The van der Waals surface area contributed by atoms with Gasteiger partial charge < -0.3 is 5.32 Å². The summed E-state index contributed by atoms with van der Waals surface area (Å²) in [4.78, 5) is 1.44. The molecule has 6 heteroatoms. The van der Waals surface area contributed by atoms with Crippen molar-refractivity contribution in [2.24, 2.45) is 5.41 Å². The number of rotatable bonds is 6. The number of thiophene rings is 1. The van der Waals surface area contributed by atoms with E-state index in [4.69, 9.17) is 0 Å². The van der Waals surface area contributed by atoms with E-state index in [1.54, 1.807) is 18.5 Å². The van der Waals surface area contributed by atoms with Crippen LogP contribution in [0.1, 0.15) is 46.4 Å². The van der Waals surface area contributed by atoms with Crippen molar-refractivity contribution < 1.29 is 8.42 Å². The maximum Gasteiger partial charge on any atom is 0.243 e. The van der Waals surface area contributed by atoms with E-state index in [0.717, 1.165) is 4.88 Å². The molecule has 1 heterocycles. The van der Waals surface area contributed by atoms with Crippen LogP contribution in [0.5, 0.6) is 0 Å². The topological polar surface area (TPSA) is 49.4 Å². The van der Waals surface area contributed by atoms with Gasteiger partial charge in [-0.2, -0.15) is 4.31 Å². The third-order valence-corrected chi connectivity index (χ3v) is 6.78. The standard InChI is InChI=1S/C15H28N2O2S2/c1-11(2)16-9-13-8-14(10-20-13)21(18,19)17(7)12(3)15(4,5)6/h8,10-12,16H,9H2,1-7H3. The second-order valence-corrected chi connectivity index (χ2v) is 9.84. The molecule has 1 N–H and O–H groups in total. The summed E-state index contributed by atoms with van der Waals surface area (Å²) in [7, 11) is -1.76. The Bertz CT molecular complexity index is 556. The fourth-order valence-electron chi connectivity index (χ4n) is 1.81. The highest BCUT2D eigenvalue weighted by Crippen LogP contribution is 2.29. The number of nitrogens with one attached hydrogen (secondary N) is 1. The Morgan fingerprint density at radius 2 is 1.86 bits per heavy atom. The Hall–Kier alpha value is -0.430. The zero-order valence-corrected chi connectivity index (χ0v) is 15.7. The first-order chi connectivity index (χ1) is 9.46. The summed E-state index contributed by atoms with van der Waals surface area (Å²) in [6.07, 6.45) is 0. The summed E-state index contributed by atoms with van der Waals surface area (Å²) in [5.74, 6) is 0. The summed E-state index contributed by atoms with van der Waals surface area (Å²) in [5, 5.41) is 5.04. The van der Waals surface area contributed by atoms with Gasteiger partial charge in [0.1, 0.15) is 0 Å². The van der Waals surface area contributed by atoms with Gasteiger partial charge in [0.25, 0.3) is 0 Å². The first-order valence-electron chi connectivity index (χ1n) is 7.25. The van der Waals surface area contributed by atoms with Crippen molar-refractivity contribution in [2.45, 2.75) is 65.1 Å². The van der Waals surface area contributed by atoms with Crippen molar-refractivity contribution in [1.29, 1.82) is 0 Å². The van der Waals surface area contributed by atoms with Gasteiger partial charge >= 0.3 is 0 Å². The highest BCUT2D eigenvalue weighted by Gasteiger charge is 2.32. The van der Waals surface area contributed by atoms with E-state index in [0.29, 0.717) is 17.5 Å². The summed E-state index contributed by atoms with van der Waals surface area (Å²) >= 11 is 1.49. The normalized spacial score (nSPS) is 14.9. The highest BCUT2D eigenvalue weighted by atomic mass is 32.2. The van der Waals surface area contributed by atoms with Gasteiger partial charge in [0.2, 0.25) is 10.0 Å². The summed E-state index contributed by atoms with van der Waals surface area (Å²) < 4.78 is 26.8. The Balaban J connectivity index is 2.93. The van der Waals surface area contributed by atoms with E-state index in [-0.39, 0.29) is 11.5 Å². The molecule has 1 aromatic heterocycles. The lowest BCUT2D eigenvalue weighted by Crippen LogP contribution is -2.42. The van der Waals surface area contributed by atoms with Gasteiger partial charge in [-0.05, 0) is 18.4 Å². The van der Waals surface area contributed by atoms with Crippen LogP contribution < -0.4 is 5.32 Å². The lowest BCUT2D eigenvalue weighted by molar-refractivity contribution is 0.216. The van der Waals surface area contributed by atoms with Gasteiger partial charge in [-0.25, -0.2) is 8.42 Å². The average molecular weight is 333 g/mol. The van der Waals surface area contributed by atoms with E-state index in [2.05, 4.69) is 39.9 Å². The number of sulfonamides is 1. The molecule has 4 nitrogen and oxygen atoms in total. The van der Waals surface area contributed by atoms with Crippen LogP contribution in [0.2, 0.25) is 0 Å². The zero-order valence-electron chi connectivity index (χ0n) is 14.1. The fourth-order valence-corrected chi connectivity index (χ4v) is 4.57. The van der Waals surface area contributed by atoms with E-state index < -0.39 is 10.0 Å². The Morgan fingerprint density at radius 1 is 1.29 bits per heavy atom. The van der Waals surface area contributed by atoms with Gasteiger partial charge in [-0.15, -0.1) is 11.3 Å². The van der Waals surface area contributed by atoms with Crippen LogP contribution in [0, 0.1) is 5.41 Å². The monoisotopic (exact) mass is 332 g/mol. The molecule has 0 amide bonds. The molecule has 0 aromatic carbocycles. The van der Waals surface area contributed by atoms with Gasteiger partial charge in [-0.1, -0.05) is 34.6 Å². The molecule has 1 atom stereocenters. The molecule has 0 aliphatic rings. The van der Waals surface area contributed by atoms with Crippen molar-refractivity contribution in [3.05, 3.63) is 16.3 Å². The van der Waals surface area contributed by atoms with Crippen LogP contribution >= 0.6 is 11.3 Å². The maximum atomic E-state index is 12.7. The molecular weight excluding hydrogens is 304 g/mol. The van der Waals surface area contributed by atoms with Gasteiger partial charge in [0.15, 0.2) is 0 Å². The zero-order chi connectivity index (χ0) is 16.4. The summed E-state index contributed by atoms with van der Waals surface area (Å²) in [5.41, 5.74) is -0.0974. The Morgan fingerprint density at radius 3 is 2.33 bits per heavy atom. The number of hydrogen-bond donors (Lipinski definition) is 1. The van der Waals surface area contributed by atoms with Gasteiger partial charge in [0, 0.05) is 35.9 Å². The van der Waals surface area contributed by atoms with Crippen LogP contribution in [0.4, 0.5) is 0 Å². The van der Waals surface area contributed by atoms with Crippen LogP contribution in [-0.2, 0) is 16.6 Å². The van der Waals surface area contributed by atoms with E-state index >= 15 is 0 Å². The van der Waals surface area contributed by atoms with Crippen molar-refractivity contribution in [1.82, 2.24) is 9.62 Å². The molecule has 0 bridgehead atoms. The third-order valence-electron chi connectivity index (χ3n) is 3.79. The van der Waals surface area contributed by atoms with E-state index in [9.17, 15) is 8.42 Å². The predicted octanol–water partition coefficient (Wildman–Crippen LogP) is 3.30. The molecule has 0 saturated carbocycles. The lowest BCUT2D eigenvalue weighted by Gasteiger charge is -2.34. The molecule has 21 heavy (non-hydrogen) atoms. The van der Waals surface area contributed by atoms with E-state index in [1.807, 2.05) is 6.92 Å². The first kappa shape index (κ1) is 18.6. The summed E-state index contributed by atoms with van der Waals surface area (Å²) in [6, 6.07) is 2.09. The smallest absolute Gasteiger partial charge is 0.243 e. The van der Waals surface area contributed by atoms with Crippen LogP contribution in [0.3, 0.4) is 0 Å². The van der Waals surface area contributed by atoms with Crippen molar-refractivity contribution in [3.8, 4) is 0 Å². The Labute approximate surface area is 133 Å². The summed E-state index contributed by atoms with van der Waals surface area (Å²) in [6.45, 7) is 13.0. The molecular formula is C15H28N2O2S2. The number of hydrogen-bond acceptors (Lipinski definition) is 4. The minimum Gasteiger partial charge on any atom is -0.310 e. The lowest BCUT2D eigenvalue weighted by atomic mass is 9.88. The molecule has 0 aliphatic heterocycles. The average Bonchev–Trinajstić information content (AvgIpc) is 2.82. The van der Waals surface area contributed by atoms with Crippen molar-refractivity contribution in [3.63, 3.8) is 0 Å². The molecule has 1 aromatic rings. The van der Waals surface area contributed by atoms with Crippen LogP contribution in [0.15, 0.2) is 16.3 Å². The molecule has 1 rings (SSSR count). The highest BCUT2D eigenvalue weighted by molar-refractivity contribution is 7.89. The second kappa shape index (κ2) is 6.77. The van der Waals surface area contributed by atoms with Crippen molar-refractivity contribution in [2.75, 3.05) is 7.05 Å². The largest absolute Gasteiger partial charge is 0.310 e. The van der Waals surface area contributed by atoms with Crippen molar-refractivity contribution >= 4 is 21.4 Å². The molecule has 1 unspecified atom stereocenters. The van der Waals surface area contributed by atoms with E-state index in [1.165, 1.54) is 15.6 Å². The number of nitrogens with zero attached hydrogens (tertiary/aromatic N) is 1. The fraction of sp³-hybridized carbons (Fsp3) is 0.733. The molecule has 0 fully saturated rings. The first-order valence-corrected chi connectivity index (χ1v) is 9.57. The van der Waals surface area contributed by atoms with Crippen LogP contribution in [-0.4, -0.2) is 31.9 Å². The second-order valence-electron chi connectivity index (χ2n) is 6.85. The minimum absolute atomic E-state index is 0.0698. The molecule has 0 saturated heterocycles. The third kappa shape index (κ3) is 4.77. The quantitative estimate of drug-likeness (QED) is 0.869. The molecule has 0 aliphatic carbocycles. The maximum absolute atomic E-state index is 12.7. The Kier molecular flexibility index (Phi) is 6.00. The van der Waals surface area contributed by atoms with Gasteiger partial charge in [0.05, 0.1) is 4.90 Å². The van der Waals surface area contributed by atoms with Crippen LogP contribution in [0.25, 0.3) is 0 Å². The molecule has 0 spiro atoms.